The lowest BCUT2D eigenvalue weighted by atomic mass is 9.76. The number of aryl methyl sites for hydroxylation is 1. The number of hydrogen-bond donors (Lipinski definition) is 3. The van der Waals surface area contributed by atoms with Gasteiger partial charge in [0.25, 0.3) is 0 Å². The molecule has 2 fully saturated rings. The molecule has 3 aromatic rings. The average Bonchev–Trinajstić information content (AvgIpc) is 3.77. The van der Waals surface area contributed by atoms with E-state index in [2.05, 4.69) is 53.4 Å². The number of aromatic nitrogens is 2. The third kappa shape index (κ3) is 7.90. The van der Waals surface area contributed by atoms with E-state index in [-0.39, 0.29) is 42.2 Å². The van der Waals surface area contributed by atoms with Crippen LogP contribution in [0.4, 0.5) is 5.82 Å². The zero-order chi connectivity index (χ0) is 34.0. The maximum atomic E-state index is 14.2. The fraction of sp³-hybridized carbons (Fsp3) is 0.611. The molecule has 3 N–H and O–H groups in total. The molecule has 10 nitrogen and oxygen atoms in total. The zero-order valence-corrected chi connectivity index (χ0v) is 29.9. The molecule has 2 aliphatic rings. The first-order valence-electron chi connectivity index (χ1n) is 17.0. The second-order valence-corrected chi connectivity index (χ2v) is 15.6. The number of hydrogen-bond acceptors (Lipinski definition) is 9. The van der Waals surface area contributed by atoms with Gasteiger partial charge in [-0.25, -0.2) is 4.98 Å². The number of aliphatic hydroxyl groups is 1. The first-order chi connectivity index (χ1) is 22.2. The van der Waals surface area contributed by atoms with Crippen molar-refractivity contribution in [3.8, 4) is 10.4 Å². The summed E-state index contributed by atoms with van der Waals surface area (Å²) in [6, 6.07) is 9.26. The first-order valence-corrected chi connectivity index (χ1v) is 17.9. The minimum atomic E-state index is -0.780. The number of rotatable bonds is 11. The average molecular weight is 665 g/mol. The Kier molecular flexibility index (Phi) is 10.8. The quantitative estimate of drug-likeness (QED) is 0.244. The van der Waals surface area contributed by atoms with E-state index in [1.165, 1.54) is 4.90 Å². The molecule has 4 heterocycles. The number of anilines is 1. The monoisotopic (exact) mass is 664 g/mol. The summed E-state index contributed by atoms with van der Waals surface area (Å²) < 4.78 is 5.86. The van der Waals surface area contributed by atoms with Gasteiger partial charge in [0.1, 0.15) is 12.0 Å². The van der Waals surface area contributed by atoms with Gasteiger partial charge in [-0.15, -0.1) is 11.3 Å². The van der Waals surface area contributed by atoms with E-state index >= 15 is 0 Å². The van der Waals surface area contributed by atoms with Gasteiger partial charge < -0.3 is 30.1 Å². The zero-order valence-electron chi connectivity index (χ0n) is 29.1. The van der Waals surface area contributed by atoms with Crippen LogP contribution in [0.3, 0.4) is 0 Å². The molecule has 2 saturated heterocycles. The molecule has 47 heavy (non-hydrogen) atoms. The Morgan fingerprint density at radius 2 is 1.87 bits per heavy atom. The molecule has 0 saturated carbocycles. The van der Waals surface area contributed by atoms with Crippen molar-refractivity contribution in [2.24, 2.45) is 17.3 Å². The molecule has 5 unspecified atom stereocenters. The molecule has 0 aliphatic carbocycles. The van der Waals surface area contributed by atoms with Gasteiger partial charge in [0, 0.05) is 44.7 Å². The number of thiazole rings is 1. The van der Waals surface area contributed by atoms with Crippen LogP contribution in [0.1, 0.15) is 90.3 Å². The topological polar surface area (TPSA) is 124 Å². The molecule has 0 radical (unpaired) electrons. The summed E-state index contributed by atoms with van der Waals surface area (Å²) >= 11 is 1.60. The van der Waals surface area contributed by atoms with Crippen LogP contribution < -0.4 is 15.5 Å². The van der Waals surface area contributed by atoms with E-state index in [9.17, 15) is 14.7 Å². The molecule has 0 bridgehead atoms. The van der Waals surface area contributed by atoms with Gasteiger partial charge >= 0.3 is 0 Å². The standard InChI is InChI=1S/C36H52N6O4S/c1-21(2)32(30-16-31(40-46-30)41-14-13-37-27(18-41)17-36(7,8)22(3)4)35(45)42-19-28(43)15-29(42)34(44)39-23(5)25-9-11-26(12-10-25)33-24(6)38-20-47-33/h9-12,16,20-23,27-29,32,37,43H,13-15,17-19H2,1-8H3,(H,39,44). The number of β-amino-alcohol motifs (C(OH)–C–C–N with tert-alkyl or cyclic N) is 1. The van der Waals surface area contributed by atoms with Crippen molar-refractivity contribution in [2.75, 3.05) is 31.1 Å². The number of benzene rings is 1. The van der Waals surface area contributed by atoms with Crippen molar-refractivity contribution in [1.29, 1.82) is 0 Å². The number of nitrogens with one attached hydrogen (secondary N) is 2. The van der Waals surface area contributed by atoms with E-state index in [1.807, 2.05) is 63.5 Å². The Morgan fingerprint density at radius 1 is 1.15 bits per heavy atom. The van der Waals surface area contributed by atoms with Gasteiger partial charge in [0.15, 0.2) is 11.6 Å². The molecule has 11 heteroatoms. The Hall–Kier alpha value is -3.28. The van der Waals surface area contributed by atoms with Crippen LogP contribution in [0.15, 0.2) is 40.4 Å². The summed E-state index contributed by atoms with van der Waals surface area (Å²) in [6.07, 6.45) is 0.462. The molecule has 1 aromatic carbocycles. The lowest BCUT2D eigenvalue weighted by Gasteiger charge is -2.39. The molecule has 2 aromatic heterocycles. The van der Waals surface area contributed by atoms with Crippen molar-refractivity contribution in [1.82, 2.24) is 25.7 Å². The highest BCUT2D eigenvalue weighted by atomic mass is 32.1. The van der Waals surface area contributed by atoms with Crippen molar-refractivity contribution in [3.05, 3.63) is 52.9 Å². The van der Waals surface area contributed by atoms with E-state index in [0.717, 1.165) is 53.6 Å². The smallest absolute Gasteiger partial charge is 0.243 e. The maximum Gasteiger partial charge on any atom is 0.243 e. The number of piperazine rings is 1. The summed E-state index contributed by atoms with van der Waals surface area (Å²) in [5.74, 6) is 0.550. The van der Waals surface area contributed by atoms with Crippen LogP contribution in [-0.4, -0.2) is 76.3 Å². The Bertz CT molecular complexity index is 1520. The van der Waals surface area contributed by atoms with Crippen molar-refractivity contribution in [2.45, 2.75) is 98.4 Å². The van der Waals surface area contributed by atoms with Gasteiger partial charge in [-0.1, -0.05) is 71.0 Å². The fourth-order valence-corrected chi connectivity index (χ4v) is 7.54. The summed E-state index contributed by atoms with van der Waals surface area (Å²) in [6.45, 7) is 19.6. The number of aliphatic hydroxyl groups excluding tert-OH is 1. The van der Waals surface area contributed by atoms with Crippen LogP contribution in [0, 0.1) is 24.2 Å². The highest BCUT2D eigenvalue weighted by Crippen LogP contribution is 2.35. The van der Waals surface area contributed by atoms with Crippen molar-refractivity contribution >= 4 is 29.0 Å². The lowest BCUT2D eigenvalue weighted by Crippen LogP contribution is -2.52. The molecule has 5 rings (SSSR count). The fourth-order valence-electron chi connectivity index (χ4n) is 6.73. The van der Waals surface area contributed by atoms with E-state index < -0.39 is 18.1 Å². The van der Waals surface area contributed by atoms with E-state index in [1.54, 1.807) is 11.3 Å². The second kappa shape index (κ2) is 14.5. The minimum Gasteiger partial charge on any atom is -0.391 e. The lowest BCUT2D eigenvalue weighted by molar-refractivity contribution is -0.141. The highest BCUT2D eigenvalue weighted by molar-refractivity contribution is 7.13. The Morgan fingerprint density at radius 3 is 2.51 bits per heavy atom. The van der Waals surface area contributed by atoms with Gasteiger partial charge in [-0.05, 0) is 48.6 Å². The summed E-state index contributed by atoms with van der Waals surface area (Å²) in [5, 5.41) is 21.8. The molecular formula is C36H52N6O4S. The van der Waals surface area contributed by atoms with Crippen molar-refractivity contribution in [3.63, 3.8) is 0 Å². The molecule has 5 atom stereocenters. The third-order valence-corrected chi connectivity index (χ3v) is 11.3. The first kappa shape index (κ1) is 35.0. The van der Waals surface area contributed by atoms with Gasteiger partial charge in [-0.2, -0.15) is 0 Å². The van der Waals surface area contributed by atoms with Crippen molar-refractivity contribution < 1.29 is 19.2 Å². The van der Waals surface area contributed by atoms with E-state index in [0.29, 0.717) is 17.7 Å². The third-order valence-electron chi connectivity index (χ3n) is 10.3. The number of carbonyl (C=O) groups excluding carboxylic acids is 2. The van der Waals surface area contributed by atoms with Crippen LogP contribution in [0.2, 0.25) is 0 Å². The summed E-state index contributed by atoms with van der Waals surface area (Å²) in [4.78, 5) is 37.0. The summed E-state index contributed by atoms with van der Waals surface area (Å²) in [5.41, 5.74) is 5.08. The SMILES string of the molecule is Cc1ncsc1-c1ccc(C(C)NC(=O)C2CC(O)CN2C(=O)C(c2cc(N3CCNC(CC(C)(C)C(C)C)C3)no2)C(C)C)cc1. The molecule has 2 amide bonds. The minimum absolute atomic E-state index is 0.101. The molecule has 2 aliphatic heterocycles. The number of amides is 2. The molecule has 0 spiro atoms. The number of likely N-dealkylation sites (tertiary alicyclic amines) is 1. The van der Waals surface area contributed by atoms with Crippen LogP contribution in [-0.2, 0) is 9.59 Å². The predicted molar refractivity (Wildman–Crippen MR) is 186 cm³/mol. The van der Waals surface area contributed by atoms with Gasteiger partial charge in [0.05, 0.1) is 28.2 Å². The van der Waals surface area contributed by atoms with E-state index in [4.69, 9.17) is 4.52 Å². The molecular weight excluding hydrogens is 613 g/mol. The number of nitrogens with zero attached hydrogens (tertiary/aromatic N) is 4. The van der Waals surface area contributed by atoms with Crippen LogP contribution >= 0.6 is 11.3 Å². The summed E-state index contributed by atoms with van der Waals surface area (Å²) in [7, 11) is 0. The largest absolute Gasteiger partial charge is 0.391 e. The maximum absolute atomic E-state index is 14.2. The number of carbonyl (C=O) groups is 2. The normalized spacial score (nSPS) is 21.8. The highest BCUT2D eigenvalue weighted by Gasteiger charge is 2.43. The Balaban J connectivity index is 1.26. The van der Waals surface area contributed by atoms with Crippen LogP contribution in [0.5, 0.6) is 0 Å². The van der Waals surface area contributed by atoms with Gasteiger partial charge in [-0.3, -0.25) is 9.59 Å². The predicted octanol–water partition coefficient (Wildman–Crippen LogP) is 5.54. The second-order valence-electron chi connectivity index (χ2n) is 14.8. The molecule has 256 valence electrons. The van der Waals surface area contributed by atoms with Crippen LogP contribution in [0.25, 0.3) is 10.4 Å². The Labute approximate surface area is 283 Å². The van der Waals surface area contributed by atoms with Gasteiger partial charge in [0.2, 0.25) is 11.8 Å².